The number of rotatable bonds is 7. The molecular weight excluding hydrogens is 430 g/mol. The molecule has 0 unspecified atom stereocenters. The number of hydrogen-bond donors (Lipinski definition) is 1. The number of nitro groups is 2. The molecule has 0 aromatic heterocycles. The monoisotopic (exact) mass is 449 g/mol. The van der Waals surface area contributed by atoms with E-state index in [1.165, 1.54) is 34.6 Å². The van der Waals surface area contributed by atoms with E-state index in [9.17, 15) is 28.6 Å². The lowest BCUT2D eigenvalue weighted by molar-refractivity contribution is -0.384. The third-order valence-electron chi connectivity index (χ3n) is 4.59. The Kier molecular flexibility index (Phi) is 6.58. The highest BCUT2D eigenvalue weighted by molar-refractivity contribution is 7.89. The van der Waals surface area contributed by atoms with Crippen LogP contribution in [0.15, 0.2) is 52.5 Å². The molecule has 1 aliphatic rings. The first kappa shape index (κ1) is 22.3. The molecule has 0 spiro atoms. The number of hydrazone groups is 1. The van der Waals surface area contributed by atoms with Crippen LogP contribution >= 0.6 is 0 Å². The number of hydrogen-bond acceptors (Lipinski definition) is 9. The molecule has 1 N–H and O–H groups in total. The van der Waals surface area contributed by atoms with E-state index in [1.807, 2.05) is 0 Å². The fourth-order valence-corrected chi connectivity index (χ4v) is 4.34. The van der Waals surface area contributed by atoms with Crippen molar-refractivity contribution in [3.63, 3.8) is 0 Å². The van der Waals surface area contributed by atoms with Gasteiger partial charge < -0.3 is 4.74 Å². The van der Waals surface area contributed by atoms with Crippen LogP contribution in [0.5, 0.6) is 0 Å². The molecule has 2 aromatic rings. The van der Waals surface area contributed by atoms with E-state index in [2.05, 4.69) is 10.5 Å². The second kappa shape index (κ2) is 9.16. The van der Waals surface area contributed by atoms with Gasteiger partial charge in [0.2, 0.25) is 10.0 Å². The predicted octanol–water partition coefficient (Wildman–Crippen LogP) is 2.36. The van der Waals surface area contributed by atoms with Gasteiger partial charge in [-0.3, -0.25) is 25.7 Å². The van der Waals surface area contributed by atoms with Gasteiger partial charge in [-0.05, 0) is 19.1 Å². The quantitative estimate of drug-likeness (QED) is 0.383. The number of benzene rings is 2. The Bertz CT molecular complexity index is 1140. The van der Waals surface area contributed by atoms with Crippen LogP contribution in [0.25, 0.3) is 0 Å². The molecule has 164 valence electrons. The van der Waals surface area contributed by atoms with E-state index in [1.54, 1.807) is 13.0 Å². The zero-order valence-corrected chi connectivity index (χ0v) is 17.2. The summed E-state index contributed by atoms with van der Waals surface area (Å²) in [5.74, 6) is 0. The molecule has 3 rings (SSSR count). The maximum absolute atomic E-state index is 12.8. The molecule has 2 aromatic carbocycles. The lowest BCUT2D eigenvalue weighted by Crippen LogP contribution is -2.40. The number of ether oxygens (including phenoxy) is 1. The minimum absolute atomic E-state index is 0.0179. The van der Waals surface area contributed by atoms with Crippen LogP contribution in [-0.2, 0) is 14.8 Å². The fourth-order valence-electron chi connectivity index (χ4n) is 2.91. The second-order valence-corrected chi connectivity index (χ2v) is 8.51. The summed E-state index contributed by atoms with van der Waals surface area (Å²) >= 11 is 0. The summed E-state index contributed by atoms with van der Waals surface area (Å²) in [4.78, 5) is 21.0. The van der Waals surface area contributed by atoms with E-state index >= 15 is 0 Å². The Balaban J connectivity index is 1.88. The van der Waals surface area contributed by atoms with Crippen LogP contribution in [0.1, 0.15) is 12.5 Å². The third kappa shape index (κ3) is 5.02. The minimum Gasteiger partial charge on any atom is -0.379 e. The molecule has 1 fully saturated rings. The van der Waals surface area contributed by atoms with Gasteiger partial charge in [0.25, 0.3) is 11.4 Å². The third-order valence-corrected chi connectivity index (χ3v) is 6.49. The van der Waals surface area contributed by atoms with Crippen molar-refractivity contribution in [2.45, 2.75) is 11.8 Å². The summed E-state index contributed by atoms with van der Waals surface area (Å²) in [5, 5.41) is 26.5. The van der Waals surface area contributed by atoms with Gasteiger partial charge in [0.05, 0.1) is 33.7 Å². The van der Waals surface area contributed by atoms with Gasteiger partial charge in [0.1, 0.15) is 5.69 Å². The number of morpholine rings is 1. The van der Waals surface area contributed by atoms with Crippen LogP contribution in [-0.4, -0.2) is 54.6 Å². The lowest BCUT2D eigenvalue weighted by atomic mass is 10.1. The van der Waals surface area contributed by atoms with Gasteiger partial charge in [-0.2, -0.15) is 9.41 Å². The summed E-state index contributed by atoms with van der Waals surface area (Å²) in [5.41, 5.74) is 2.75. The first-order valence-corrected chi connectivity index (χ1v) is 10.6. The molecule has 0 saturated carbocycles. The van der Waals surface area contributed by atoms with E-state index < -0.39 is 25.6 Å². The Morgan fingerprint density at radius 2 is 1.81 bits per heavy atom. The molecule has 0 radical (unpaired) electrons. The van der Waals surface area contributed by atoms with Crippen molar-refractivity contribution in [2.24, 2.45) is 5.10 Å². The molecule has 13 heteroatoms. The Hall–Kier alpha value is -3.42. The molecule has 1 aliphatic heterocycles. The van der Waals surface area contributed by atoms with Crippen LogP contribution in [0.3, 0.4) is 0 Å². The number of nitro benzene ring substituents is 2. The van der Waals surface area contributed by atoms with Gasteiger partial charge in [0, 0.05) is 36.9 Å². The highest BCUT2D eigenvalue weighted by atomic mass is 32.2. The normalized spacial score (nSPS) is 15.5. The van der Waals surface area contributed by atoms with Crippen molar-refractivity contribution in [1.29, 1.82) is 0 Å². The number of non-ortho nitro benzene ring substituents is 1. The number of anilines is 1. The maximum Gasteiger partial charge on any atom is 0.295 e. The molecule has 0 amide bonds. The van der Waals surface area contributed by atoms with E-state index in [-0.39, 0.29) is 42.6 Å². The van der Waals surface area contributed by atoms with Gasteiger partial charge in [-0.1, -0.05) is 12.1 Å². The Labute approximate surface area is 177 Å². The average molecular weight is 449 g/mol. The standard InChI is InChI=1S/C18H19N5O7S/c1-13(14-3-2-4-15(11-14)22(24)25)19-20-17-6-5-16(12-18(17)23(26)27)31(28,29)21-7-9-30-10-8-21/h2-6,11-12,20H,7-10H2,1H3/b19-13+. The molecule has 0 aliphatic carbocycles. The topological polar surface area (TPSA) is 157 Å². The molecule has 1 heterocycles. The van der Waals surface area contributed by atoms with Crippen LogP contribution < -0.4 is 5.43 Å². The number of sulfonamides is 1. The summed E-state index contributed by atoms with van der Waals surface area (Å²) in [6.07, 6.45) is 0. The maximum atomic E-state index is 12.8. The average Bonchev–Trinajstić information content (AvgIpc) is 2.77. The molecular formula is C18H19N5O7S. The highest BCUT2D eigenvalue weighted by Gasteiger charge is 2.28. The molecule has 1 saturated heterocycles. The summed E-state index contributed by atoms with van der Waals surface area (Å²) < 4.78 is 31.9. The van der Waals surface area contributed by atoms with E-state index in [0.29, 0.717) is 11.3 Å². The summed E-state index contributed by atoms with van der Waals surface area (Å²) in [6, 6.07) is 9.27. The fraction of sp³-hybridized carbons (Fsp3) is 0.278. The molecule has 0 atom stereocenters. The van der Waals surface area contributed by atoms with Gasteiger partial charge in [-0.15, -0.1) is 0 Å². The molecule has 12 nitrogen and oxygen atoms in total. The van der Waals surface area contributed by atoms with Crippen molar-refractivity contribution in [3.05, 3.63) is 68.3 Å². The first-order valence-electron chi connectivity index (χ1n) is 9.11. The largest absolute Gasteiger partial charge is 0.379 e. The van der Waals surface area contributed by atoms with Crippen molar-refractivity contribution < 1.29 is 23.0 Å². The Morgan fingerprint density at radius 1 is 1.10 bits per heavy atom. The molecule has 31 heavy (non-hydrogen) atoms. The summed E-state index contributed by atoms with van der Waals surface area (Å²) in [7, 11) is -3.90. The van der Waals surface area contributed by atoms with Crippen LogP contribution in [0.4, 0.5) is 17.1 Å². The SMILES string of the molecule is C/C(=N\Nc1ccc(S(=O)(=O)N2CCOCC2)cc1[N+](=O)[O-])c1cccc([N+](=O)[O-])c1. The van der Waals surface area contributed by atoms with Crippen molar-refractivity contribution >= 4 is 32.8 Å². The van der Waals surface area contributed by atoms with Crippen molar-refractivity contribution in [2.75, 3.05) is 31.7 Å². The van der Waals surface area contributed by atoms with Crippen molar-refractivity contribution in [3.8, 4) is 0 Å². The van der Waals surface area contributed by atoms with Crippen molar-refractivity contribution in [1.82, 2.24) is 4.31 Å². The van der Waals surface area contributed by atoms with Gasteiger partial charge in [-0.25, -0.2) is 8.42 Å². The predicted molar refractivity (Wildman–Crippen MR) is 112 cm³/mol. The zero-order chi connectivity index (χ0) is 22.6. The zero-order valence-electron chi connectivity index (χ0n) is 16.4. The minimum atomic E-state index is -3.90. The molecule has 0 bridgehead atoms. The first-order chi connectivity index (χ1) is 14.7. The number of nitrogens with zero attached hydrogens (tertiary/aromatic N) is 4. The smallest absolute Gasteiger partial charge is 0.295 e. The number of nitrogens with one attached hydrogen (secondary N) is 1. The Morgan fingerprint density at radius 3 is 2.45 bits per heavy atom. The van der Waals surface area contributed by atoms with E-state index in [4.69, 9.17) is 4.74 Å². The van der Waals surface area contributed by atoms with Gasteiger partial charge in [0.15, 0.2) is 0 Å². The highest BCUT2D eigenvalue weighted by Crippen LogP contribution is 2.29. The lowest BCUT2D eigenvalue weighted by Gasteiger charge is -2.26. The van der Waals surface area contributed by atoms with Crippen LogP contribution in [0, 0.1) is 20.2 Å². The van der Waals surface area contributed by atoms with Crippen LogP contribution in [0.2, 0.25) is 0 Å². The van der Waals surface area contributed by atoms with E-state index in [0.717, 1.165) is 6.07 Å². The van der Waals surface area contributed by atoms with Gasteiger partial charge >= 0.3 is 0 Å². The summed E-state index contributed by atoms with van der Waals surface area (Å²) in [6.45, 7) is 2.43. The second-order valence-electron chi connectivity index (χ2n) is 6.57.